The zero-order valence-corrected chi connectivity index (χ0v) is 12.6. The fraction of sp³-hybridized carbons (Fsp3) is 0.188. The maximum Gasteiger partial charge on any atom is 0.312 e. The molecular weight excluding hydrogens is 300 g/mol. The van der Waals surface area contributed by atoms with Crippen LogP contribution in [-0.4, -0.2) is 21.8 Å². The number of aromatic nitrogens is 2. The number of hydrogen-bond acceptors (Lipinski definition) is 6. The van der Waals surface area contributed by atoms with Gasteiger partial charge in [-0.2, -0.15) is 8.75 Å². The summed E-state index contributed by atoms with van der Waals surface area (Å²) < 4.78 is 19.2. The Hall–Kier alpha value is -2.47. The fourth-order valence-electron chi connectivity index (χ4n) is 2.83. The van der Waals surface area contributed by atoms with Crippen molar-refractivity contribution in [3.05, 3.63) is 47.5 Å². The first-order valence-electron chi connectivity index (χ1n) is 6.86. The number of fused-ring (bicyclic) bond motifs is 3. The Morgan fingerprint density at radius 1 is 1.18 bits per heavy atom. The van der Waals surface area contributed by atoms with Crippen LogP contribution in [0.1, 0.15) is 23.5 Å². The van der Waals surface area contributed by atoms with Gasteiger partial charge in [-0.1, -0.05) is 12.1 Å². The number of carbonyl (C=O) groups excluding carboxylic acids is 1. The molecule has 2 heterocycles. The molecule has 1 aliphatic rings. The van der Waals surface area contributed by atoms with Crippen LogP contribution in [0.2, 0.25) is 0 Å². The number of esters is 1. The first-order valence-corrected chi connectivity index (χ1v) is 7.59. The minimum atomic E-state index is -0.226. The van der Waals surface area contributed by atoms with Crippen molar-refractivity contribution in [1.82, 2.24) is 8.75 Å². The number of hydrogen-bond donors (Lipinski definition) is 0. The van der Waals surface area contributed by atoms with Crippen molar-refractivity contribution in [2.75, 3.05) is 7.11 Å². The van der Waals surface area contributed by atoms with Crippen molar-refractivity contribution in [2.45, 2.75) is 12.3 Å². The van der Waals surface area contributed by atoms with Crippen molar-refractivity contribution in [2.24, 2.45) is 0 Å². The second-order valence-corrected chi connectivity index (χ2v) is 5.64. The van der Waals surface area contributed by atoms with Gasteiger partial charge in [0.2, 0.25) is 0 Å². The summed E-state index contributed by atoms with van der Waals surface area (Å²) >= 11 is 1.17. The van der Waals surface area contributed by atoms with E-state index in [9.17, 15) is 4.79 Å². The van der Waals surface area contributed by atoms with Crippen molar-refractivity contribution in [3.8, 4) is 11.5 Å². The maximum atomic E-state index is 11.9. The number of methoxy groups -OCH3 is 1. The van der Waals surface area contributed by atoms with Gasteiger partial charge in [0.25, 0.3) is 0 Å². The highest BCUT2D eigenvalue weighted by molar-refractivity contribution is 7.00. The van der Waals surface area contributed by atoms with Crippen molar-refractivity contribution in [3.63, 3.8) is 0 Å². The lowest BCUT2D eigenvalue weighted by Crippen LogP contribution is -2.21. The molecule has 110 valence electrons. The van der Waals surface area contributed by atoms with Gasteiger partial charge < -0.3 is 9.47 Å². The van der Waals surface area contributed by atoms with Gasteiger partial charge in [0.15, 0.2) is 0 Å². The van der Waals surface area contributed by atoms with E-state index >= 15 is 0 Å². The molecule has 0 radical (unpaired) electrons. The molecule has 6 heteroatoms. The summed E-state index contributed by atoms with van der Waals surface area (Å²) in [5.74, 6) is 1.07. The van der Waals surface area contributed by atoms with E-state index in [4.69, 9.17) is 9.47 Å². The van der Waals surface area contributed by atoms with Crippen LogP contribution in [0.15, 0.2) is 36.4 Å². The van der Waals surface area contributed by atoms with E-state index in [2.05, 4.69) is 8.75 Å². The largest absolute Gasteiger partial charge is 0.497 e. The second-order valence-electron chi connectivity index (χ2n) is 5.11. The molecule has 0 spiro atoms. The molecule has 0 amide bonds. The van der Waals surface area contributed by atoms with E-state index in [0.29, 0.717) is 12.2 Å². The SMILES string of the molecule is COc1ccc(C2CC(=O)Oc3ccc4nsnc4c32)cc1. The van der Waals surface area contributed by atoms with Crippen LogP contribution < -0.4 is 9.47 Å². The van der Waals surface area contributed by atoms with E-state index in [-0.39, 0.29) is 11.9 Å². The molecule has 5 nitrogen and oxygen atoms in total. The maximum absolute atomic E-state index is 11.9. The molecule has 2 aromatic carbocycles. The van der Waals surface area contributed by atoms with E-state index in [1.807, 2.05) is 30.3 Å². The third-order valence-electron chi connectivity index (χ3n) is 3.89. The van der Waals surface area contributed by atoms with Crippen molar-refractivity contribution in [1.29, 1.82) is 0 Å². The Kier molecular flexibility index (Phi) is 3.04. The van der Waals surface area contributed by atoms with Crippen LogP contribution in [0.3, 0.4) is 0 Å². The quantitative estimate of drug-likeness (QED) is 0.537. The summed E-state index contributed by atoms with van der Waals surface area (Å²) in [6, 6.07) is 11.4. The number of nitrogens with zero attached hydrogens (tertiary/aromatic N) is 2. The molecule has 0 N–H and O–H groups in total. The summed E-state index contributed by atoms with van der Waals surface area (Å²) in [5, 5.41) is 0. The third-order valence-corrected chi connectivity index (χ3v) is 4.43. The summed E-state index contributed by atoms with van der Waals surface area (Å²) in [4.78, 5) is 11.9. The molecular formula is C16H12N2O3S. The molecule has 0 bridgehead atoms. The zero-order chi connectivity index (χ0) is 15.1. The lowest BCUT2D eigenvalue weighted by molar-refractivity contribution is -0.135. The molecule has 0 saturated heterocycles. The van der Waals surface area contributed by atoms with Crippen LogP contribution in [0, 0.1) is 0 Å². The number of ether oxygens (including phenoxy) is 2. The van der Waals surface area contributed by atoms with Crippen LogP contribution in [-0.2, 0) is 4.79 Å². The highest BCUT2D eigenvalue weighted by atomic mass is 32.1. The Balaban J connectivity index is 1.89. The van der Waals surface area contributed by atoms with Crippen molar-refractivity contribution >= 4 is 28.7 Å². The van der Waals surface area contributed by atoms with Crippen molar-refractivity contribution < 1.29 is 14.3 Å². The summed E-state index contributed by atoms with van der Waals surface area (Å²) in [7, 11) is 1.63. The molecule has 0 aliphatic carbocycles. The molecule has 1 aromatic heterocycles. The standard InChI is InChI=1S/C16H12N2O3S/c1-20-10-4-2-9(3-5-10)11-8-14(19)21-13-7-6-12-16(15(11)13)18-22-17-12/h2-7,11H,8H2,1H3. The zero-order valence-electron chi connectivity index (χ0n) is 11.8. The fourth-order valence-corrected chi connectivity index (χ4v) is 3.38. The average Bonchev–Trinajstić information content (AvgIpc) is 3.02. The molecule has 0 saturated carbocycles. The molecule has 1 unspecified atom stereocenters. The van der Waals surface area contributed by atoms with Gasteiger partial charge in [0.1, 0.15) is 22.5 Å². The second kappa shape index (κ2) is 5.06. The number of rotatable bonds is 2. The molecule has 1 aliphatic heterocycles. The van der Waals surface area contributed by atoms with Gasteiger partial charge in [-0.05, 0) is 29.8 Å². The predicted molar refractivity (Wildman–Crippen MR) is 82.5 cm³/mol. The predicted octanol–water partition coefficient (Wildman–Crippen LogP) is 3.14. The van der Waals surface area contributed by atoms with Gasteiger partial charge in [0, 0.05) is 11.5 Å². The molecule has 22 heavy (non-hydrogen) atoms. The van der Waals surface area contributed by atoms with Gasteiger partial charge in [-0.3, -0.25) is 4.79 Å². The van der Waals surface area contributed by atoms with Crippen LogP contribution >= 0.6 is 11.7 Å². The summed E-state index contributed by atoms with van der Waals surface area (Å²) in [6.45, 7) is 0. The van der Waals surface area contributed by atoms with E-state index in [0.717, 1.165) is 27.9 Å². The average molecular weight is 312 g/mol. The molecule has 3 aromatic rings. The Bertz CT molecular complexity index is 857. The van der Waals surface area contributed by atoms with Crippen LogP contribution in [0.25, 0.3) is 11.0 Å². The normalized spacial score (nSPS) is 17.1. The molecule has 4 rings (SSSR count). The molecule has 0 fully saturated rings. The van der Waals surface area contributed by atoms with Gasteiger partial charge in [-0.25, -0.2) is 0 Å². The van der Waals surface area contributed by atoms with Crippen LogP contribution in [0.5, 0.6) is 11.5 Å². The number of benzene rings is 2. The van der Waals surface area contributed by atoms with E-state index in [1.165, 1.54) is 11.7 Å². The highest BCUT2D eigenvalue weighted by Crippen LogP contribution is 2.42. The summed E-state index contributed by atoms with van der Waals surface area (Å²) in [5.41, 5.74) is 3.63. The van der Waals surface area contributed by atoms with Gasteiger partial charge in [0.05, 0.1) is 25.3 Å². The lowest BCUT2D eigenvalue weighted by Gasteiger charge is -2.25. The highest BCUT2D eigenvalue weighted by Gasteiger charge is 2.31. The van der Waals surface area contributed by atoms with Gasteiger partial charge >= 0.3 is 5.97 Å². The Labute approximate surface area is 130 Å². The Morgan fingerprint density at radius 3 is 2.77 bits per heavy atom. The smallest absolute Gasteiger partial charge is 0.312 e. The molecule has 1 atom stereocenters. The lowest BCUT2D eigenvalue weighted by atomic mass is 9.85. The minimum Gasteiger partial charge on any atom is -0.497 e. The first-order chi connectivity index (χ1) is 10.8. The van der Waals surface area contributed by atoms with Crippen LogP contribution in [0.4, 0.5) is 0 Å². The minimum absolute atomic E-state index is 0.0743. The van der Waals surface area contributed by atoms with Gasteiger partial charge in [-0.15, -0.1) is 0 Å². The third kappa shape index (κ3) is 2.03. The summed E-state index contributed by atoms with van der Waals surface area (Å²) in [6.07, 6.45) is 0.302. The number of carbonyl (C=O) groups is 1. The van der Waals surface area contributed by atoms with E-state index in [1.54, 1.807) is 13.2 Å². The van der Waals surface area contributed by atoms with E-state index < -0.39 is 0 Å². The topological polar surface area (TPSA) is 61.3 Å². The first kappa shape index (κ1) is 13.2. The monoisotopic (exact) mass is 312 g/mol. The Morgan fingerprint density at radius 2 is 2.00 bits per heavy atom.